The molecule has 0 atom stereocenters. The van der Waals surface area contributed by atoms with E-state index < -0.39 is 0 Å². The van der Waals surface area contributed by atoms with Crippen molar-refractivity contribution >= 4 is 45.0 Å². The van der Waals surface area contributed by atoms with Crippen LogP contribution in [0.15, 0.2) is 48.5 Å². The number of thiophene rings is 1. The van der Waals surface area contributed by atoms with Gasteiger partial charge in [0.2, 0.25) is 0 Å². The summed E-state index contributed by atoms with van der Waals surface area (Å²) in [5.74, 6) is 0. The van der Waals surface area contributed by atoms with Crippen molar-refractivity contribution in [3.05, 3.63) is 64.0 Å². The summed E-state index contributed by atoms with van der Waals surface area (Å²) in [5.41, 5.74) is 7.59. The summed E-state index contributed by atoms with van der Waals surface area (Å²) >= 11 is 7.26. The molecule has 0 amide bonds. The number of carbonyl (C=O) groups excluding carboxylic acids is 1. The van der Waals surface area contributed by atoms with Gasteiger partial charge in [-0.2, -0.15) is 0 Å². The number of hydrogen-bond donors (Lipinski definition) is 1. The lowest BCUT2D eigenvalue weighted by molar-refractivity contribution is 0.112. The molecule has 20 heavy (non-hydrogen) atoms. The fourth-order valence-corrected chi connectivity index (χ4v) is 2.98. The number of fused-ring (bicyclic) bond motifs is 1. The Morgan fingerprint density at radius 1 is 1.10 bits per heavy atom. The number of halogens is 1. The number of benzene rings is 2. The first-order valence-electron chi connectivity index (χ1n) is 6.06. The van der Waals surface area contributed by atoms with Crippen molar-refractivity contribution in [1.29, 1.82) is 0 Å². The second kappa shape index (κ2) is 6.55. The first-order valence-corrected chi connectivity index (χ1v) is 7.26. The second-order valence-electron chi connectivity index (χ2n) is 4.27. The molecule has 0 aliphatic rings. The van der Waals surface area contributed by atoms with Crippen LogP contribution in [-0.2, 0) is 0 Å². The van der Waals surface area contributed by atoms with Gasteiger partial charge in [0.05, 0.1) is 20.3 Å². The van der Waals surface area contributed by atoms with Crippen LogP contribution >= 0.6 is 22.9 Å². The Balaban J connectivity index is 0.000000178. The summed E-state index contributed by atoms with van der Waals surface area (Å²) in [6.07, 6.45) is 0.760. The SMILES string of the molecule is Cc1ccccc1.Nc1c(C=O)sc2c(Cl)cccc12. The Bertz CT molecular complexity index is 722. The molecule has 1 aromatic heterocycles. The van der Waals surface area contributed by atoms with Crippen LogP contribution in [0.5, 0.6) is 0 Å². The van der Waals surface area contributed by atoms with Gasteiger partial charge >= 0.3 is 0 Å². The fourth-order valence-electron chi connectivity index (χ4n) is 1.74. The molecule has 0 spiro atoms. The Morgan fingerprint density at radius 2 is 1.80 bits per heavy atom. The number of rotatable bonds is 1. The van der Waals surface area contributed by atoms with Crippen LogP contribution in [0.2, 0.25) is 5.02 Å². The van der Waals surface area contributed by atoms with E-state index in [-0.39, 0.29) is 0 Å². The van der Waals surface area contributed by atoms with Crippen molar-refractivity contribution in [3.63, 3.8) is 0 Å². The zero-order chi connectivity index (χ0) is 14.5. The third-order valence-corrected chi connectivity index (χ3v) is 4.39. The van der Waals surface area contributed by atoms with Gasteiger partial charge in [-0.25, -0.2) is 0 Å². The van der Waals surface area contributed by atoms with E-state index in [9.17, 15) is 4.79 Å². The summed E-state index contributed by atoms with van der Waals surface area (Å²) in [6.45, 7) is 2.08. The molecule has 2 nitrogen and oxygen atoms in total. The predicted octanol–water partition coefficient (Wildman–Crippen LogP) is 4.94. The summed E-state index contributed by atoms with van der Waals surface area (Å²) in [6, 6.07) is 15.7. The highest BCUT2D eigenvalue weighted by Gasteiger charge is 2.09. The first-order chi connectivity index (χ1) is 9.63. The van der Waals surface area contributed by atoms with Crippen LogP contribution in [0.25, 0.3) is 10.1 Å². The zero-order valence-electron chi connectivity index (χ0n) is 11.0. The molecule has 4 heteroatoms. The van der Waals surface area contributed by atoms with Gasteiger partial charge in [-0.05, 0) is 13.0 Å². The van der Waals surface area contributed by atoms with Crippen LogP contribution in [0.4, 0.5) is 5.69 Å². The molecule has 0 unspecified atom stereocenters. The van der Waals surface area contributed by atoms with Crippen molar-refractivity contribution in [2.24, 2.45) is 0 Å². The molecule has 3 rings (SSSR count). The molecule has 2 N–H and O–H groups in total. The number of anilines is 1. The highest BCUT2D eigenvalue weighted by molar-refractivity contribution is 7.21. The Labute approximate surface area is 126 Å². The van der Waals surface area contributed by atoms with Gasteiger partial charge in [-0.1, -0.05) is 59.6 Å². The average Bonchev–Trinajstić information content (AvgIpc) is 2.79. The van der Waals surface area contributed by atoms with Crippen LogP contribution in [0.1, 0.15) is 15.2 Å². The quantitative estimate of drug-likeness (QED) is 0.647. The molecule has 0 saturated carbocycles. The molecule has 0 radical (unpaired) electrons. The molecule has 2 aromatic carbocycles. The first kappa shape index (κ1) is 14.6. The Kier molecular flexibility index (Phi) is 4.77. The number of nitrogen functional groups attached to an aromatic ring is 1. The van der Waals surface area contributed by atoms with Gasteiger partial charge in [0.1, 0.15) is 0 Å². The molecule has 1 heterocycles. The maximum atomic E-state index is 10.6. The fraction of sp³-hybridized carbons (Fsp3) is 0.0625. The molecule has 0 aliphatic carbocycles. The van der Waals surface area contributed by atoms with Gasteiger partial charge in [-0.3, -0.25) is 4.79 Å². The zero-order valence-corrected chi connectivity index (χ0v) is 12.5. The Hall–Kier alpha value is -1.84. The summed E-state index contributed by atoms with van der Waals surface area (Å²) in [5, 5.41) is 1.50. The van der Waals surface area contributed by atoms with E-state index in [1.807, 2.05) is 30.3 Å². The number of carbonyl (C=O) groups is 1. The summed E-state index contributed by atoms with van der Waals surface area (Å²) in [4.78, 5) is 11.1. The lowest BCUT2D eigenvalue weighted by Crippen LogP contribution is -1.86. The average molecular weight is 304 g/mol. The van der Waals surface area contributed by atoms with Crippen molar-refractivity contribution in [3.8, 4) is 0 Å². The lowest BCUT2D eigenvalue weighted by atomic mass is 10.2. The molecular weight excluding hydrogens is 290 g/mol. The van der Waals surface area contributed by atoms with Gasteiger partial charge in [0.15, 0.2) is 6.29 Å². The topological polar surface area (TPSA) is 43.1 Å². The van der Waals surface area contributed by atoms with E-state index in [2.05, 4.69) is 19.1 Å². The van der Waals surface area contributed by atoms with Crippen molar-refractivity contribution in [2.45, 2.75) is 6.92 Å². The standard InChI is InChI=1S/C9H6ClNOS.C7H8/c10-6-3-1-2-5-8(11)7(4-12)13-9(5)6;1-7-5-3-2-4-6-7/h1-4H,11H2;2-6H,1H3. The minimum absolute atomic E-state index is 0.525. The van der Waals surface area contributed by atoms with Crippen LogP contribution in [0, 0.1) is 6.92 Å². The smallest absolute Gasteiger partial charge is 0.162 e. The van der Waals surface area contributed by atoms with Crippen molar-refractivity contribution < 1.29 is 4.79 Å². The van der Waals surface area contributed by atoms with Crippen LogP contribution < -0.4 is 5.73 Å². The van der Waals surface area contributed by atoms with Crippen molar-refractivity contribution in [1.82, 2.24) is 0 Å². The van der Waals surface area contributed by atoms with Crippen LogP contribution in [0.3, 0.4) is 0 Å². The van der Waals surface area contributed by atoms with E-state index >= 15 is 0 Å². The van der Waals surface area contributed by atoms with Crippen LogP contribution in [-0.4, -0.2) is 6.29 Å². The van der Waals surface area contributed by atoms with Crippen molar-refractivity contribution in [2.75, 3.05) is 5.73 Å². The monoisotopic (exact) mass is 303 g/mol. The van der Waals surface area contributed by atoms with Gasteiger partial charge < -0.3 is 5.73 Å². The maximum absolute atomic E-state index is 10.6. The molecule has 3 aromatic rings. The van der Waals surface area contributed by atoms with E-state index in [1.165, 1.54) is 16.9 Å². The number of aldehydes is 1. The number of hydrogen-bond acceptors (Lipinski definition) is 3. The van der Waals surface area contributed by atoms with E-state index in [4.69, 9.17) is 17.3 Å². The van der Waals surface area contributed by atoms with Gasteiger partial charge in [0.25, 0.3) is 0 Å². The minimum atomic E-state index is 0.525. The molecule has 0 saturated heterocycles. The van der Waals surface area contributed by atoms with Gasteiger partial charge in [-0.15, -0.1) is 11.3 Å². The van der Waals surface area contributed by atoms with E-state index in [0.29, 0.717) is 15.6 Å². The van der Waals surface area contributed by atoms with E-state index in [0.717, 1.165) is 16.4 Å². The summed E-state index contributed by atoms with van der Waals surface area (Å²) < 4.78 is 0.878. The molecule has 0 fully saturated rings. The van der Waals surface area contributed by atoms with Gasteiger partial charge in [0, 0.05) is 5.39 Å². The predicted molar refractivity (Wildman–Crippen MR) is 87.8 cm³/mol. The molecular formula is C16H14ClNOS. The second-order valence-corrected chi connectivity index (χ2v) is 5.73. The van der Waals surface area contributed by atoms with E-state index in [1.54, 1.807) is 6.07 Å². The molecule has 102 valence electrons. The normalized spacial score (nSPS) is 9.90. The molecule has 0 aliphatic heterocycles. The number of nitrogens with two attached hydrogens (primary N) is 1. The highest BCUT2D eigenvalue weighted by atomic mass is 35.5. The lowest BCUT2D eigenvalue weighted by Gasteiger charge is -1.92. The highest BCUT2D eigenvalue weighted by Crippen LogP contribution is 2.36. The third-order valence-electron chi connectivity index (χ3n) is 2.78. The number of aryl methyl sites for hydroxylation is 1. The Morgan fingerprint density at radius 3 is 2.30 bits per heavy atom. The third kappa shape index (κ3) is 3.18. The minimum Gasteiger partial charge on any atom is -0.397 e. The summed E-state index contributed by atoms with van der Waals surface area (Å²) in [7, 11) is 0. The molecule has 0 bridgehead atoms. The largest absolute Gasteiger partial charge is 0.397 e. The maximum Gasteiger partial charge on any atom is 0.162 e.